The third kappa shape index (κ3) is 5.28. The highest BCUT2D eigenvalue weighted by Crippen LogP contribution is 2.08. The summed E-state index contributed by atoms with van der Waals surface area (Å²) in [4.78, 5) is 5.22. The first kappa shape index (κ1) is 13.9. The molecule has 96 valence electrons. The van der Waals surface area contributed by atoms with Crippen molar-refractivity contribution in [3.05, 3.63) is 0 Å². The molecule has 2 heterocycles. The van der Waals surface area contributed by atoms with Crippen LogP contribution in [0.3, 0.4) is 0 Å². The first-order valence-corrected chi connectivity index (χ1v) is 7.10. The van der Waals surface area contributed by atoms with Crippen molar-refractivity contribution >= 4 is 0 Å². The van der Waals surface area contributed by atoms with Crippen LogP contribution in [0.1, 0.15) is 33.1 Å². The second kappa shape index (κ2) is 8.97. The van der Waals surface area contributed by atoms with Gasteiger partial charge in [-0.2, -0.15) is 0 Å². The van der Waals surface area contributed by atoms with Gasteiger partial charge in [0.2, 0.25) is 0 Å². The van der Waals surface area contributed by atoms with Gasteiger partial charge in [0.25, 0.3) is 0 Å². The van der Waals surface area contributed by atoms with Gasteiger partial charge in [-0.15, -0.1) is 0 Å². The molecule has 0 bridgehead atoms. The highest BCUT2D eigenvalue weighted by Gasteiger charge is 2.13. The second-order valence-electron chi connectivity index (χ2n) is 4.49. The molecule has 2 aliphatic rings. The van der Waals surface area contributed by atoms with Crippen LogP contribution in [0.15, 0.2) is 0 Å². The van der Waals surface area contributed by atoms with Gasteiger partial charge in [-0.1, -0.05) is 20.3 Å². The Morgan fingerprint density at radius 1 is 0.750 bits per heavy atom. The molecule has 0 unspecified atom stereocenters. The predicted molar refractivity (Wildman–Crippen MR) is 70.9 cm³/mol. The Morgan fingerprint density at radius 3 is 1.81 bits per heavy atom. The molecular weight excluding hydrogens is 198 g/mol. The summed E-state index contributed by atoms with van der Waals surface area (Å²) in [5.41, 5.74) is 0. The van der Waals surface area contributed by atoms with Gasteiger partial charge in [0.1, 0.15) is 0 Å². The van der Waals surface area contributed by atoms with Gasteiger partial charge in [0, 0.05) is 39.3 Å². The lowest BCUT2D eigenvalue weighted by Gasteiger charge is -2.32. The highest BCUT2D eigenvalue weighted by atomic mass is 15.2. The minimum Gasteiger partial charge on any atom is -0.314 e. The fraction of sp³-hybridized carbons (Fsp3) is 1.00. The first-order chi connectivity index (χ1) is 7.95. The molecule has 2 aliphatic heterocycles. The molecule has 0 atom stereocenters. The number of rotatable bonds is 3. The molecule has 0 aromatic rings. The van der Waals surface area contributed by atoms with E-state index in [1.54, 1.807) is 0 Å². The normalized spacial score (nSPS) is 23.6. The summed E-state index contributed by atoms with van der Waals surface area (Å²) in [6.45, 7) is 14.1. The van der Waals surface area contributed by atoms with E-state index >= 15 is 0 Å². The van der Waals surface area contributed by atoms with E-state index in [0.717, 1.165) is 0 Å². The number of likely N-dealkylation sites (tertiary alicyclic amines) is 1. The number of hydrogen-bond acceptors (Lipinski definition) is 3. The maximum Gasteiger partial charge on any atom is 0.0110 e. The molecule has 3 nitrogen and oxygen atoms in total. The lowest BCUT2D eigenvalue weighted by molar-refractivity contribution is 0.171. The smallest absolute Gasteiger partial charge is 0.0110 e. The molecule has 1 N–H and O–H groups in total. The van der Waals surface area contributed by atoms with Crippen LogP contribution >= 0.6 is 0 Å². The van der Waals surface area contributed by atoms with Crippen molar-refractivity contribution in [2.24, 2.45) is 0 Å². The lowest BCUT2D eigenvalue weighted by Crippen LogP contribution is -2.46. The fourth-order valence-electron chi connectivity index (χ4n) is 2.40. The van der Waals surface area contributed by atoms with Gasteiger partial charge >= 0.3 is 0 Å². The SMILES string of the molecule is C1CCN(CCN2CCNCC2)CC1.CC. The molecule has 0 radical (unpaired) electrons. The molecule has 3 heteroatoms. The van der Waals surface area contributed by atoms with Crippen molar-refractivity contribution in [3.8, 4) is 0 Å². The molecule has 0 amide bonds. The van der Waals surface area contributed by atoms with E-state index in [1.807, 2.05) is 13.8 Å². The Labute approximate surface area is 101 Å². The Hall–Kier alpha value is -0.120. The van der Waals surface area contributed by atoms with Crippen molar-refractivity contribution in [1.82, 2.24) is 15.1 Å². The van der Waals surface area contributed by atoms with Crippen LogP contribution in [0, 0.1) is 0 Å². The summed E-state index contributed by atoms with van der Waals surface area (Å²) >= 11 is 0. The van der Waals surface area contributed by atoms with Crippen LogP contribution in [0.4, 0.5) is 0 Å². The number of nitrogens with zero attached hydrogens (tertiary/aromatic N) is 2. The maximum absolute atomic E-state index is 3.40. The summed E-state index contributed by atoms with van der Waals surface area (Å²) in [5.74, 6) is 0. The van der Waals surface area contributed by atoms with E-state index in [0.29, 0.717) is 0 Å². The molecule has 0 aromatic heterocycles. The van der Waals surface area contributed by atoms with Crippen molar-refractivity contribution in [2.45, 2.75) is 33.1 Å². The molecule has 16 heavy (non-hydrogen) atoms. The minimum absolute atomic E-state index is 1.18. The largest absolute Gasteiger partial charge is 0.314 e. The number of nitrogens with one attached hydrogen (secondary N) is 1. The van der Waals surface area contributed by atoms with Gasteiger partial charge in [-0.05, 0) is 25.9 Å². The summed E-state index contributed by atoms with van der Waals surface area (Å²) in [6, 6.07) is 0. The lowest BCUT2D eigenvalue weighted by atomic mass is 10.1. The van der Waals surface area contributed by atoms with Gasteiger partial charge in [-0.25, -0.2) is 0 Å². The van der Waals surface area contributed by atoms with Crippen LogP contribution < -0.4 is 5.32 Å². The Morgan fingerprint density at radius 2 is 1.25 bits per heavy atom. The standard InChI is InChI=1S/C11H23N3.C2H6/c1-2-6-13(7-3-1)10-11-14-8-4-12-5-9-14;1-2/h12H,1-11H2;1-2H3. The summed E-state index contributed by atoms with van der Waals surface area (Å²) in [5, 5.41) is 3.40. The zero-order valence-electron chi connectivity index (χ0n) is 11.2. The minimum atomic E-state index is 1.18. The van der Waals surface area contributed by atoms with Crippen LogP contribution in [-0.2, 0) is 0 Å². The van der Waals surface area contributed by atoms with Gasteiger partial charge in [0.05, 0.1) is 0 Å². The quantitative estimate of drug-likeness (QED) is 0.786. The predicted octanol–water partition coefficient (Wildman–Crippen LogP) is 1.40. The van der Waals surface area contributed by atoms with E-state index in [9.17, 15) is 0 Å². The van der Waals surface area contributed by atoms with Gasteiger partial charge in [-0.3, -0.25) is 4.90 Å². The Balaban J connectivity index is 0.000000606. The second-order valence-corrected chi connectivity index (χ2v) is 4.49. The highest BCUT2D eigenvalue weighted by molar-refractivity contribution is 4.71. The molecule has 0 aromatic carbocycles. The van der Waals surface area contributed by atoms with Crippen molar-refractivity contribution in [1.29, 1.82) is 0 Å². The molecule has 0 saturated carbocycles. The molecule has 2 rings (SSSR count). The number of hydrogen-bond donors (Lipinski definition) is 1. The number of piperazine rings is 1. The molecular formula is C13H29N3. The van der Waals surface area contributed by atoms with Crippen LogP contribution in [-0.4, -0.2) is 62.2 Å². The Kier molecular flexibility index (Phi) is 7.81. The van der Waals surface area contributed by atoms with Crippen LogP contribution in [0.25, 0.3) is 0 Å². The van der Waals surface area contributed by atoms with E-state index < -0.39 is 0 Å². The van der Waals surface area contributed by atoms with E-state index in [4.69, 9.17) is 0 Å². The van der Waals surface area contributed by atoms with Gasteiger partial charge in [0.15, 0.2) is 0 Å². The van der Waals surface area contributed by atoms with Crippen molar-refractivity contribution < 1.29 is 0 Å². The average molecular weight is 227 g/mol. The van der Waals surface area contributed by atoms with E-state index in [1.165, 1.54) is 71.6 Å². The zero-order chi connectivity index (χ0) is 11.6. The monoisotopic (exact) mass is 227 g/mol. The third-order valence-corrected chi connectivity index (χ3v) is 3.39. The summed E-state index contributed by atoms with van der Waals surface area (Å²) in [6.07, 6.45) is 4.28. The van der Waals surface area contributed by atoms with E-state index in [-0.39, 0.29) is 0 Å². The topological polar surface area (TPSA) is 18.5 Å². The van der Waals surface area contributed by atoms with Crippen molar-refractivity contribution in [2.75, 3.05) is 52.4 Å². The zero-order valence-corrected chi connectivity index (χ0v) is 11.2. The van der Waals surface area contributed by atoms with Crippen LogP contribution in [0.5, 0.6) is 0 Å². The van der Waals surface area contributed by atoms with E-state index in [2.05, 4.69) is 15.1 Å². The summed E-state index contributed by atoms with van der Waals surface area (Å²) in [7, 11) is 0. The fourth-order valence-corrected chi connectivity index (χ4v) is 2.40. The van der Waals surface area contributed by atoms with Crippen LogP contribution in [0.2, 0.25) is 0 Å². The summed E-state index contributed by atoms with van der Waals surface area (Å²) < 4.78 is 0. The number of piperidine rings is 1. The molecule has 2 saturated heterocycles. The van der Waals surface area contributed by atoms with Gasteiger partial charge < -0.3 is 10.2 Å². The molecule has 2 fully saturated rings. The average Bonchev–Trinajstić information content (AvgIpc) is 2.41. The first-order valence-electron chi connectivity index (χ1n) is 7.10. The Bertz CT molecular complexity index is 131. The third-order valence-electron chi connectivity index (χ3n) is 3.39. The maximum atomic E-state index is 3.40. The van der Waals surface area contributed by atoms with Crippen molar-refractivity contribution in [3.63, 3.8) is 0 Å². The molecule has 0 aliphatic carbocycles. The molecule has 0 spiro atoms.